The number of nitrogens with one attached hydrogen (secondary N) is 1. The van der Waals surface area contributed by atoms with E-state index in [1.54, 1.807) is 18.3 Å². The number of allylic oxidation sites excluding steroid dienone is 1. The first-order chi connectivity index (χ1) is 36.5. The Balaban J connectivity index is 1.03. The minimum atomic E-state index is -1.80. The van der Waals surface area contributed by atoms with Crippen molar-refractivity contribution in [3.8, 4) is 5.75 Å². The molecule has 75 heavy (non-hydrogen) atoms. The highest BCUT2D eigenvalue weighted by Gasteiger charge is 2.24. The summed E-state index contributed by atoms with van der Waals surface area (Å²) in [5.74, 6) is -9.88. The smallest absolute Gasteiger partial charge is 0.313 e. The van der Waals surface area contributed by atoms with Crippen LogP contribution in [0.3, 0.4) is 0 Å². The van der Waals surface area contributed by atoms with E-state index in [9.17, 15) is 31.9 Å². The van der Waals surface area contributed by atoms with Crippen molar-refractivity contribution in [3.05, 3.63) is 64.6 Å². The maximum absolute atomic E-state index is 13.6. The zero-order valence-electron chi connectivity index (χ0n) is 42.6. The highest BCUT2D eigenvalue weighted by atomic mass is 19.2. The lowest BCUT2D eigenvalue weighted by molar-refractivity contribution is -0.180. The molecule has 420 valence electrons. The molecule has 0 aliphatic carbocycles. The van der Waals surface area contributed by atoms with Crippen LogP contribution in [0.25, 0.3) is 11.6 Å². The van der Waals surface area contributed by atoms with Crippen LogP contribution >= 0.6 is 0 Å². The normalized spacial score (nSPS) is 12.6. The number of carbonyl (C=O) groups is 3. The largest absolute Gasteiger partial charge is 0.420 e. The molecule has 26 heteroatoms. The first-order valence-corrected chi connectivity index (χ1v) is 24.5. The number of hydroxylamine groups is 2. The van der Waals surface area contributed by atoms with Gasteiger partial charge in [0, 0.05) is 60.9 Å². The van der Waals surface area contributed by atoms with Gasteiger partial charge < -0.3 is 68.9 Å². The van der Waals surface area contributed by atoms with Crippen molar-refractivity contribution >= 4 is 47.2 Å². The SMILES string of the molecule is CCCN(OCC)C(=O)C1=Cc2ncc(/C(C=NCC(=O)NCCOCCOCCOCCOCCOCCOCCOCCOCCOCCOCCC(=O)Oc3c(F)c(F)cc(F)c3F)=C/N)cc2N=C(N)C1. The van der Waals surface area contributed by atoms with Gasteiger partial charge in [0.25, 0.3) is 5.91 Å². The van der Waals surface area contributed by atoms with Crippen molar-refractivity contribution in [2.75, 3.05) is 158 Å². The number of nitrogens with two attached hydrogens (primary N) is 2. The number of hydrogen-bond acceptors (Lipinski definition) is 20. The van der Waals surface area contributed by atoms with Crippen LogP contribution in [-0.2, 0) is 66.6 Å². The summed E-state index contributed by atoms with van der Waals surface area (Å²) in [5.41, 5.74) is 14.5. The Morgan fingerprint density at radius 1 is 0.707 bits per heavy atom. The molecule has 2 heterocycles. The number of amides is 2. The van der Waals surface area contributed by atoms with Gasteiger partial charge >= 0.3 is 5.97 Å². The van der Waals surface area contributed by atoms with Crippen LogP contribution < -0.4 is 21.5 Å². The molecule has 1 aromatic heterocycles. The highest BCUT2D eigenvalue weighted by molar-refractivity contribution is 6.10. The summed E-state index contributed by atoms with van der Waals surface area (Å²) >= 11 is 0. The first-order valence-electron chi connectivity index (χ1n) is 24.5. The van der Waals surface area contributed by atoms with Crippen LogP contribution in [0.15, 0.2) is 40.1 Å². The molecule has 0 radical (unpaired) electrons. The Labute approximate surface area is 433 Å². The van der Waals surface area contributed by atoms with Crippen molar-refractivity contribution in [1.29, 1.82) is 0 Å². The van der Waals surface area contributed by atoms with Gasteiger partial charge in [-0.25, -0.2) is 18.8 Å². The summed E-state index contributed by atoms with van der Waals surface area (Å²) < 4.78 is 112. The van der Waals surface area contributed by atoms with E-state index in [0.29, 0.717) is 153 Å². The minimum Gasteiger partial charge on any atom is -0.420 e. The predicted molar refractivity (Wildman–Crippen MR) is 265 cm³/mol. The van der Waals surface area contributed by atoms with Gasteiger partial charge in [0.1, 0.15) is 12.4 Å². The summed E-state index contributed by atoms with van der Waals surface area (Å²) in [6.45, 7) is 11.2. The first kappa shape index (κ1) is 63.8. The molecule has 1 aliphatic rings. The van der Waals surface area contributed by atoms with E-state index in [0.717, 1.165) is 6.42 Å². The number of nitrogens with zero attached hydrogens (tertiary/aromatic N) is 4. The number of benzene rings is 1. The Hall–Kier alpha value is -5.52. The number of esters is 1. The van der Waals surface area contributed by atoms with Crippen LogP contribution in [0.4, 0.5) is 23.2 Å². The van der Waals surface area contributed by atoms with Crippen LogP contribution in [0.5, 0.6) is 5.75 Å². The summed E-state index contributed by atoms with van der Waals surface area (Å²) in [5, 5.41) is 4.07. The number of fused-ring (bicyclic) bond motifs is 1. The molecule has 5 N–H and O–H groups in total. The van der Waals surface area contributed by atoms with Crippen molar-refractivity contribution in [2.45, 2.75) is 33.1 Å². The third-order valence-corrected chi connectivity index (χ3v) is 9.69. The Morgan fingerprint density at radius 2 is 1.19 bits per heavy atom. The fraction of sp³-hybridized carbons (Fsp3) is 0.592. The second-order valence-electron chi connectivity index (χ2n) is 15.5. The molecule has 2 aromatic rings. The van der Waals surface area contributed by atoms with E-state index in [2.05, 4.69) is 25.0 Å². The van der Waals surface area contributed by atoms with Crippen LogP contribution in [0, 0.1) is 23.3 Å². The molecule has 0 atom stereocenters. The molecular formula is C49H71F4N7O15. The maximum atomic E-state index is 13.6. The molecule has 2 amide bonds. The number of rotatable bonds is 43. The van der Waals surface area contributed by atoms with E-state index in [4.69, 9.17) is 63.7 Å². The fourth-order valence-corrected chi connectivity index (χ4v) is 6.11. The van der Waals surface area contributed by atoms with E-state index in [-0.39, 0.29) is 63.1 Å². The predicted octanol–water partition coefficient (Wildman–Crippen LogP) is 3.25. The number of halogens is 4. The van der Waals surface area contributed by atoms with E-state index in [1.807, 2.05) is 13.8 Å². The Bertz CT molecular complexity index is 2090. The van der Waals surface area contributed by atoms with Crippen LogP contribution in [0.1, 0.15) is 44.4 Å². The van der Waals surface area contributed by atoms with Crippen LogP contribution in [0.2, 0.25) is 0 Å². The van der Waals surface area contributed by atoms with Gasteiger partial charge in [-0.15, -0.1) is 0 Å². The molecular weight excluding hydrogens is 1000 g/mol. The van der Waals surface area contributed by atoms with Gasteiger partial charge in [-0.05, 0) is 25.5 Å². The standard InChI is InChI=1S/C49H71F4N7O15/c1-3-7-60(74-4-2)49(63)36-28-41-42(59-43(55)30-36)29-37(34-58-41)38(32-54)33-56-35-44(61)57-6-9-65-11-13-67-15-17-69-19-21-71-23-25-73-27-26-72-24-22-70-20-18-68-16-14-66-12-10-64-8-5-45(62)75-48-46(52)39(50)31-40(51)47(48)53/h28-29,31-34H,3-27,30,35,54H2,1-2H3,(H2,55,59)(H,57,61)/b38-32+,56-33?. The monoisotopic (exact) mass is 1070 g/mol. The van der Waals surface area contributed by atoms with Gasteiger partial charge in [-0.2, -0.15) is 8.78 Å². The topological polar surface area (TPSA) is 267 Å². The molecule has 1 aliphatic heterocycles. The van der Waals surface area contributed by atoms with E-state index >= 15 is 0 Å². The molecule has 0 unspecified atom stereocenters. The molecule has 3 rings (SSSR count). The van der Waals surface area contributed by atoms with Gasteiger partial charge in [0.05, 0.1) is 157 Å². The fourth-order valence-electron chi connectivity index (χ4n) is 6.11. The lowest BCUT2D eigenvalue weighted by atomic mass is 10.1. The van der Waals surface area contributed by atoms with Gasteiger partial charge in [-0.1, -0.05) is 6.92 Å². The van der Waals surface area contributed by atoms with Gasteiger partial charge in [0.15, 0.2) is 11.6 Å². The number of hydrogen-bond donors (Lipinski definition) is 3. The van der Waals surface area contributed by atoms with Gasteiger partial charge in [0.2, 0.25) is 23.3 Å². The average molecular weight is 1070 g/mol. The highest BCUT2D eigenvalue weighted by Crippen LogP contribution is 2.29. The second kappa shape index (κ2) is 39.8. The number of ether oxygens (including phenoxy) is 11. The summed E-state index contributed by atoms with van der Waals surface area (Å²) in [6.07, 6.45) is 6.53. The zero-order chi connectivity index (χ0) is 54.3. The molecule has 0 saturated carbocycles. The van der Waals surface area contributed by atoms with Crippen molar-refractivity contribution in [1.82, 2.24) is 15.4 Å². The Kier molecular flexibility index (Phi) is 33.9. The lowest BCUT2D eigenvalue weighted by Gasteiger charge is -2.21. The van der Waals surface area contributed by atoms with E-state index < -0.39 is 41.4 Å². The molecule has 0 bridgehead atoms. The number of aliphatic imine (C=N–C) groups is 2. The van der Waals surface area contributed by atoms with Crippen LogP contribution in [-0.4, -0.2) is 198 Å². The molecule has 22 nitrogen and oxygen atoms in total. The minimum absolute atomic E-state index is 0.0126. The zero-order valence-corrected chi connectivity index (χ0v) is 42.6. The summed E-state index contributed by atoms with van der Waals surface area (Å²) in [6, 6.07) is 1.75. The third-order valence-electron chi connectivity index (χ3n) is 9.69. The maximum Gasteiger partial charge on any atom is 0.313 e. The number of carbonyl (C=O) groups excluding carboxylic acids is 3. The molecule has 0 spiro atoms. The van der Waals surface area contributed by atoms with Crippen molar-refractivity contribution in [2.24, 2.45) is 21.5 Å². The van der Waals surface area contributed by atoms with Crippen molar-refractivity contribution in [3.63, 3.8) is 0 Å². The Morgan fingerprint density at radius 3 is 1.65 bits per heavy atom. The second-order valence-corrected chi connectivity index (χ2v) is 15.5. The molecule has 1 aromatic carbocycles. The average Bonchev–Trinajstić information content (AvgIpc) is 3.56. The molecule has 0 saturated heterocycles. The number of amidine groups is 1. The lowest BCUT2D eigenvalue weighted by Crippen LogP contribution is -2.34. The number of aromatic nitrogens is 1. The number of pyridine rings is 1. The third kappa shape index (κ3) is 27.2. The summed E-state index contributed by atoms with van der Waals surface area (Å²) in [7, 11) is 0. The van der Waals surface area contributed by atoms with E-state index in [1.165, 1.54) is 17.5 Å². The summed E-state index contributed by atoms with van der Waals surface area (Å²) in [4.78, 5) is 55.9. The van der Waals surface area contributed by atoms with Crippen molar-refractivity contribution < 1.29 is 88.9 Å². The molecule has 0 fully saturated rings. The van der Waals surface area contributed by atoms with Gasteiger partial charge in [-0.3, -0.25) is 29.2 Å². The quantitative estimate of drug-likeness (QED) is 0.0164.